The number of carbonyl (C=O) groups excluding carboxylic acids is 3. The maximum Gasteiger partial charge on any atom is 0.266 e. The maximum absolute atomic E-state index is 12.8. The number of nitrogens with zero attached hydrogens (tertiary/aromatic N) is 2. The molecule has 3 amide bonds. The molecule has 4 rings (SSSR count). The third kappa shape index (κ3) is 4.54. The molecule has 0 spiro atoms. The Kier molecular flexibility index (Phi) is 6.02. The van der Waals surface area contributed by atoms with Gasteiger partial charge in [-0.25, -0.2) is 0 Å². The summed E-state index contributed by atoms with van der Waals surface area (Å²) < 4.78 is 5.74. The van der Waals surface area contributed by atoms with Gasteiger partial charge in [-0.1, -0.05) is 25.0 Å². The number of benzene rings is 1. The molecule has 7 nitrogen and oxygen atoms in total. The van der Waals surface area contributed by atoms with Gasteiger partial charge in [-0.3, -0.25) is 14.4 Å². The van der Waals surface area contributed by atoms with Crippen LogP contribution in [-0.2, 0) is 14.4 Å². The van der Waals surface area contributed by atoms with Crippen molar-refractivity contribution in [3.05, 3.63) is 24.3 Å². The largest absolute Gasteiger partial charge is 0.478 e. The number of hydrogen-bond donors (Lipinski definition) is 1. The van der Waals surface area contributed by atoms with Crippen LogP contribution in [0.2, 0.25) is 0 Å². The topological polar surface area (TPSA) is 79.0 Å². The van der Waals surface area contributed by atoms with Crippen LogP contribution in [0, 0.1) is 5.92 Å². The molecular weight excluding hydrogens is 370 g/mol. The number of para-hydroxylation sites is 2. The Hall–Kier alpha value is -2.57. The minimum atomic E-state index is -0.811. The fourth-order valence-electron chi connectivity index (χ4n) is 4.44. The lowest BCUT2D eigenvalue weighted by molar-refractivity contribution is -0.142. The summed E-state index contributed by atoms with van der Waals surface area (Å²) in [6.45, 7) is 2.86. The summed E-state index contributed by atoms with van der Waals surface area (Å²) in [5.74, 6) is 0.476. The van der Waals surface area contributed by atoms with E-state index in [9.17, 15) is 14.4 Å². The Morgan fingerprint density at radius 3 is 2.38 bits per heavy atom. The van der Waals surface area contributed by atoms with Crippen LogP contribution in [-0.4, -0.2) is 59.8 Å². The van der Waals surface area contributed by atoms with E-state index in [1.54, 1.807) is 17.0 Å². The van der Waals surface area contributed by atoms with Gasteiger partial charge in [0, 0.05) is 32.1 Å². The van der Waals surface area contributed by atoms with Crippen LogP contribution in [0.1, 0.15) is 44.9 Å². The number of amides is 3. The number of piperidine rings is 1. The molecule has 156 valence electrons. The smallest absolute Gasteiger partial charge is 0.266 e. The number of rotatable bonds is 3. The molecule has 1 aromatic rings. The molecule has 0 saturated carbocycles. The van der Waals surface area contributed by atoms with E-state index >= 15 is 0 Å². The highest BCUT2D eigenvalue weighted by molar-refractivity contribution is 6.00. The SMILES string of the molecule is O=C1Nc2ccccc2O[C@H]1CC(=O)N1CCC(C(=O)N2CCCCCC2)CC1. The molecule has 2 saturated heterocycles. The summed E-state index contributed by atoms with van der Waals surface area (Å²) in [4.78, 5) is 41.6. The molecule has 1 N–H and O–H groups in total. The van der Waals surface area contributed by atoms with Crippen molar-refractivity contribution in [3.63, 3.8) is 0 Å². The van der Waals surface area contributed by atoms with Crippen molar-refractivity contribution < 1.29 is 19.1 Å². The first-order chi connectivity index (χ1) is 14.1. The van der Waals surface area contributed by atoms with Crippen LogP contribution in [0.4, 0.5) is 5.69 Å². The Balaban J connectivity index is 1.28. The highest BCUT2D eigenvalue weighted by Crippen LogP contribution is 2.30. The van der Waals surface area contributed by atoms with Crippen LogP contribution in [0.5, 0.6) is 5.75 Å². The summed E-state index contributed by atoms with van der Waals surface area (Å²) in [7, 11) is 0. The normalized spacial score (nSPS) is 22.9. The van der Waals surface area contributed by atoms with Gasteiger partial charge in [-0.2, -0.15) is 0 Å². The molecule has 1 aromatic carbocycles. The fourth-order valence-corrected chi connectivity index (χ4v) is 4.44. The van der Waals surface area contributed by atoms with Gasteiger partial charge in [0.1, 0.15) is 5.75 Å². The highest BCUT2D eigenvalue weighted by atomic mass is 16.5. The van der Waals surface area contributed by atoms with Gasteiger partial charge in [-0.15, -0.1) is 0 Å². The number of likely N-dealkylation sites (tertiary alicyclic amines) is 2. The van der Waals surface area contributed by atoms with E-state index in [0.717, 1.165) is 25.9 Å². The lowest BCUT2D eigenvalue weighted by Gasteiger charge is -2.35. The minimum Gasteiger partial charge on any atom is -0.478 e. The number of hydrogen-bond acceptors (Lipinski definition) is 4. The van der Waals surface area contributed by atoms with Gasteiger partial charge in [0.05, 0.1) is 12.1 Å². The molecule has 0 unspecified atom stereocenters. The average molecular weight is 399 g/mol. The van der Waals surface area contributed by atoms with Crippen molar-refractivity contribution in [1.29, 1.82) is 0 Å². The number of anilines is 1. The number of carbonyl (C=O) groups is 3. The Labute approximate surface area is 171 Å². The summed E-state index contributed by atoms with van der Waals surface area (Å²) in [6, 6.07) is 7.22. The maximum atomic E-state index is 12.8. The molecular formula is C22H29N3O4. The van der Waals surface area contributed by atoms with Crippen LogP contribution >= 0.6 is 0 Å². The second-order valence-electron chi connectivity index (χ2n) is 8.19. The molecule has 7 heteroatoms. The Morgan fingerprint density at radius 1 is 0.966 bits per heavy atom. The van der Waals surface area contributed by atoms with E-state index in [-0.39, 0.29) is 30.1 Å². The lowest BCUT2D eigenvalue weighted by Crippen LogP contribution is -2.47. The molecule has 3 heterocycles. The molecule has 2 fully saturated rings. The summed E-state index contributed by atoms with van der Waals surface area (Å²) in [5.41, 5.74) is 0.633. The van der Waals surface area contributed by atoms with Crippen molar-refractivity contribution in [2.24, 2.45) is 5.92 Å². The summed E-state index contributed by atoms with van der Waals surface area (Å²) in [5, 5.41) is 2.80. The van der Waals surface area contributed by atoms with Crippen molar-refractivity contribution in [1.82, 2.24) is 9.80 Å². The third-order valence-corrected chi connectivity index (χ3v) is 6.18. The zero-order chi connectivity index (χ0) is 20.2. The molecule has 0 bridgehead atoms. The van der Waals surface area contributed by atoms with Crippen molar-refractivity contribution >= 4 is 23.4 Å². The first kappa shape index (κ1) is 19.7. The van der Waals surface area contributed by atoms with E-state index < -0.39 is 6.10 Å². The third-order valence-electron chi connectivity index (χ3n) is 6.18. The minimum absolute atomic E-state index is 0.0123. The van der Waals surface area contributed by atoms with Crippen LogP contribution in [0.3, 0.4) is 0 Å². The van der Waals surface area contributed by atoms with Gasteiger partial charge in [0.25, 0.3) is 5.91 Å². The predicted octanol–water partition coefficient (Wildman–Crippen LogP) is 2.42. The second-order valence-corrected chi connectivity index (χ2v) is 8.19. The zero-order valence-electron chi connectivity index (χ0n) is 16.8. The van der Waals surface area contributed by atoms with Gasteiger partial charge >= 0.3 is 0 Å². The van der Waals surface area contributed by atoms with Crippen LogP contribution in [0.15, 0.2) is 24.3 Å². The molecule has 0 aliphatic carbocycles. The molecule has 1 atom stereocenters. The summed E-state index contributed by atoms with van der Waals surface area (Å²) >= 11 is 0. The number of nitrogens with one attached hydrogen (secondary N) is 1. The quantitative estimate of drug-likeness (QED) is 0.847. The number of fused-ring (bicyclic) bond motifs is 1. The monoisotopic (exact) mass is 399 g/mol. The predicted molar refractivity (Wildman–Crippen MR) is 108 cm³/mol. The first-order valence-electron chi connectivity index (χ1n) is 10.7. The van der Waals surface area contributed by atoms with Crippen molar-refractivity contribution in [2.75, 3.05) is 31.5 Å². The first-order valence-corrected chi connectivity index (χ1v) is 10.7. The van der Waals surface area contributed by atoms with Gasteiger partial charge in [-0.05, 0) is 37.8 Å². The van der Waals surface area contributed by atoms with E-state index in [4.69, 9.17) is 4.74 Å². The molecule has 29 heavy (non-hydrogen) atoms. The van der Waals surface area contributed by atoms with Gasteiger partial charge in [0.2, 0.25) is 11.8 Å². The molecule has 0 aromatic heterocycles. The summed E-state index contributed by atoms with van der Waals surface area (Å²) in [6.07, 6.45) is 5.20. The molecule has 3 aliphatic rings. The second kappa shape index (κ2) is 8.84. The van der Waals surface area contributed by atoms with E-state index in [2.05, 4.69) is 5.32 Å². The van der Waals surface area contributed by atoms with Crippen molar-refractivity contribution in [2.45, 2.75) is 51.0 Å². The fraction of sp³-hybridized carbons (Fsp3) is 0.591. The van der Waals surface area contributed by atoms with Gasteiger partial charge in [0.15, 0.2) is 6.10 Å². The Morgan fingerprint density at radius 2 is 1.66 bits per heavy atom. The van der Waals surface area contributed by atoms with E-state index in [0.29, 0.717) is 37.4 Å². The molecule has 0 radical (unpaired) electrons. The standard InChI is InChI=1S/C22H29N3O4/c26-20(15-19-21(27)23-17-7-3-4-8-18(17)29-19)24-13-9-16(10-14-24)22(28)25-11-5-1-2-6-12-25/h3-4,7-8,16,19H,1-2,5-6,9-15H2,(H,23,27)/t19-/m0/s1. The highest BCUT2D eigenvalue weighted by Gasteiger charge is 2.34. The number of ether oxygens (including phenoxy) is 1. The molecule has 3 aliphatic heterocycles. The van der Waals surface area contributed by atoms with Crippen LogP contribution < -0.4 is 10.1 Å². The van der Waals surface area contributed by atoms with Gasteiger partial charge < -0.3 is 19.9 Å². The van der Waals surface area contributed by atoms with Crippen LogP contribution in [0.25, 0.3) is 0 Å². The van der Waals surface area contributed by atoms with E-state index in [1.807, 2.05) is 17.0 Å². The van der Waals surface area contributed by atoms with E-state index in [1.165, 1.54) is 12.8 Å². The average Bonchev–Trinajstić information content (AvgIpc) is 3.03. The van der Waals surface area contributed by atoms with Crippen molar-refractivity contribution in [3.8, 4) is 5.75 Å². The zero-order valence-corrected chi connectivity index (χ0v) is 16.8. The lowest BCUT2D eigenvalue weighted by atomic mass is 9.94. The Bertz CT molecular complexity index is 765.